The zero-order valence-electron chi connectivity index (χ0n) is 9.53. The van der Waals surface area contributed by atoms with E-state index in [9.17, 15) is 0 Å². The normalized spacial score (nSPS) is 10.4. The first-order valence-corrected chi connectivity index (χ1v) is 6.44. The standard InChI is InChI=1S/C14H15NS/c1-10-13(4-3-5-14(10)15)11-6-8-12(16-2)9-7-11/h3-9H,15H2,1-2H3. The predicted molar refractivity (Wildman–Crippen MR) is 72.8 cm³/mol. The number of hydrogen-bond acceptors (Lipinski definition) is 2. The molecule has 0 bridgehead atoms. The molecule has 0 fully saturated rings. The van der Waals surface area contributed by atoms with Gasteiger partial charge in [0.25, 0.3) is 0 Å². The van der Waals surface area contributed by atoms with Crippen LogP contribution < -0.4 is 5.73 Å². The van der Waals surface area contributed by atoms with Crippen LogP contribution in [0.15, 0.2) is 47.4 Å². The largest absolute Gasteiger partial charge is 0.398 e. The zero-order valence-corrected chi connectivity index (χ0v) is 10.3. The van der Waals surface area contributed by atoms with E-state index in [0.717, 1.165) is 11.3 Å². The van der Waals surface area contributed by atoms with Crippen LogP contribution in [0.1, 0.15) is 5.56 Å². The van der Waals surface area contributed by atoms with Crippen molar-refractivity contribution in [2.24, 2.45) is 0 Å². The average molecular weight is 229 g/mol. The zero-order chi connectivity index (χ0) is 11.5. The number of rotatable bonds is 2. The third kappa shape index (κ3) is 2.07. The molecule has 0 spiro atoms. The summed E-state index contributed by atoms with van der Waals surface area (Å²) in [6, 6.07) is 14.6. The van der Waals surface area contributed by atoms with E-state index in [0.29, 0.717) is 0 Å². The molecule has 0 aliphatic rings. The molecular formula is C14H15NS. The van der Waals surface area contributed by atoms with Crippen molar-refractivity contribution in [3.05, 3.63) is 48.0 Å². The summed E-state index contributed by atoms with van der Waals surface area (Å²) in [4.78, 5) is 1.28. The summed E-state index contributed by atoms with van der Waals surface area (Å²) in [7, 11) is 0. The molecular weight excluding hydrogens is 214 g/mol. The molecule has 0 saturated heterocycles. The molecule has 2 aromatic carbocycles. The van der Waals surface area contributed by atoms with Gasteiger partial charge in [-0.25, -0.2) is 0 Å². The minimum atomic E-state index is 0.853. The van der Waals surface area contributed by atoms with Crippen LogP contribution in [0.4, 0.5) is 5.69 Å². The Morgan fingerprint density at radius 2 is 1.69 bits per heavy atom. The van der Waals surface area contributed by atoms with Gasteiger partial charge < -0.3 is 5.73 Å². The highest BCUT2D eigenvalue weighted by Gasteiger charge is 2.03. The van der Waals surface area contributed by atoms with E-state index >= 15 is 0 Å². The van der Waals surface area contributed by atoms with E-state index in [4.69, 9.17) is 5.73 Å². The second kappa shape index (κ2) is 4.62. The van der Waals surface area contributed by atoms with Crippen LogP contribution in [0.25, 0.3) is 11.1 Å². The van der Waals surface area contributed by atoms with E-state index in [-0.39, 0.29) is 0 Å². The number of anilines is 1. The lowest BCUT2D eigenvalue weighted by Gasteiger charge is -2.08. The minimum Gasteiger partial charge on any atom is -0.398 e. The average Bonchev–Trinajstić information content (AvgIpc) is 2.33. The molecule has 16 heavy (non-hydrogen) atoms. The highest BCUT2D eigenvalue weighted by Crippen LogP contribution is 2.28. The van der Waals surface area contributed by atoms with Gasteiger partial charge in [-0.1, -0.05) is 24.3 Å². The van der Waals surface area contributed by atoms with Crippen molar-refractivity contribution >= 4 is 17.4 Å². The van der Waals surface area contributed by atoms with Crippen LogP contribution in [-0.2, 0) is 0 Å². The van der Waals surface area contributed by atoms with E-state index in [1.165, 1.54) is 16.0 Å². The lowest BCUT2D eigenvalue weighted by atomic mass is 9.99. The number of nitrogens with two attached hydrogens (primary N) is 1. The summed E-state index contributed by atoms with van der Waals surface area (Å²) in [5.41, 5.74) is 10.4. The molecule has 2 heteroatoms. The fraction of sp³-hybridized carbons (Fsp3) is 0.143. The molecule has 0 aliphatic carbocycles. The van der Waals surface area contributed by atoms with Gasteiger partial charge in [-0.15, -0.1) is 11.8 Å². The molecule has 0 radical (unpaired) electrons. The first kappa shape index (κ1) is 11.1. The number of hydrogen-bond donors (Lipinski definition) is 1. The van der Waals surface area contributed by atoms with Gasteiger partial charge in [0.05, 0.1) is 0 Å². The van der Waals surface area contributed by atoms with Gasteiger partial charge in [-0.05, 0) is 48.1 Å². The molecule has 0 heterocycles. The van der Waals surface area contributed by atoms with Crippen molar-refractivity contribution in [1.82, 2.24) is 0 Å². The van der Waals surface area contributed by atoms with E-state index in [2.05, 4.69) is 43.5 Å². The monoisotopic (exact) mass is 229 g/mol. The maximum atomic E-state index is 5.91. The van der Waals surface area contributed by atoms with Crippen molar-refractivity contribution in [1.29, 1.82) is 0 Å². The SMILES string of the molecule is CSc1ccc(-c2cccc(N)c2C)cc1. The summed E-state index contributed by atoms with van der Waals surface area (Å²) in [6.45, 7) is 2.06. The fourth-order valence-electron chi connectivity index (χ4n) is 1.74. The second-order valence-corrected chi connectivity index (χ2v) is 4.63. The summed E-state index contributed by atoms with van der Waals surface area (Å²) in [5, 5.41) is 0. The number of benzene rings is 2. The van der Waals surface area contributed by atoms with Crippen LogP contribution in [0.5, 0.6) is 0 Å². The maximum absolute atomic E-state index is 5.91. The van der Waals surface area contributed by atoms with E-state index < -0.39 is 0 Å². The predicted octanol–water partition coefficient (Wildman–Crippen LogP) is 3.97. The topological polar surface area (TPSA) is 26.0 Å². The van der Waals surface area contributed by atoms with Gasteiger partial charge in [-0.2, -0.15) is 0 Å². The minimum absolute atomic E-state index is 0.853. The Bertz CT molecular complexity index is 489. The van der Waals surface area contributed by atoms with Gasteiger partial charge in [0.15, 0.2) is 0 Å². The Kier molecular flexibility index (Phi) is 3.20. The highest BCUT2D eigenvalue weighted by atomic mass is 32.2. The molecule has 2 N–H and O–H groups in total. The van der Waals surface area contributed by atoms with Gasteiger partial charge in [-0.3, -0.25) is 0 Å². The lowest BCUT2D eigenvalue weighted by Crippen LogP contribution is -1.91. The molecule has 0 saturated carbocycles. The summed E-state index contributed by atoms with van der Waals surface area (Å²) < 4.78 is 0. The molecule has 2 aromatic rings. The lowest BCUT2D eigenvalue weighted by molar-refractivity contribution is 1.42. The summed E-state index contributed by atoms with van der Waals surface area (Å²) >= 11 is 1.76. The number of thioether (sulfide) groups is 1. The summed E-state index contributed by atoms with van der Waals surface area (Å²) in [5.74, 6) is 0. The molecule has 1 nitrogen and oxygen atoms in total. The number of nitrogen functional groups attached to an aromatic ring is 1. The van der Waals surface area contributed by atoms with Crippen LogP contribution in [0.2, 0.25) is 0 Å². The van der Waals surface area contributed by atoms with Crippen LogP contribution in [0.3, 0.4) is 0 Å². The first-order valence-electron chi connectivity index (χ1n) is 5.22. The van der Waals surface area contributed by atoms with Gasteiger partial charge in [0.1, 0.15) is 0 Å². The van der Waals surface area contributed by atoms with Gasteiger partial charge in [0.2, 0.25) is 0 Å². The fourth-order valence-corrected chi connectivity index (χ4v) is 2.15. The van der Waals surface area contributed by atoms with Gasteiger partial charge >= 0.3 is 0 Å². The van der Waals surface area contributed by atoms with E-state index in [1.807, 2.05) is 12.1 Å². The molecule has 0 unspecified atom stereocenters. The third-order valence-electron chi connectivity index (χ3n) is 2.78. The molecule has 0 atom stereocenters. The van der Waals surface area contributed by atoms with Crippen molar-refractivity contribution in [3.8, 4) is 11.1 Å². The smallest absolute Gasteiger partial charge is 0.0349 e. The Morgan fingerprint density at radius 3 is 2.31 bits per heavy atom. The molecule has 82 valence electrons. The quantitative estimate of drug-likeness (QED) is 0.623. The maximum Gasteiger partial charge on any atom is 0.0349 e. The van der Waals surface area contributed by atoms with Crippen molar-refractivity contribution < 1.29 is 0 Å². The second-order valence-electron chi connectivity index (χ2n) is 3.75. The van der Waals surface area contributed by atoms with E-state index in [1.54, 1.807) is 11.8 Å². The molecule has 0 aromatic heterocycles. The van der Waals surface area contributed by atoms with Crippen LogP contribution in [0, 0.1) is 6.92 Å². The summed E-state index contributed by atoms with van der Waals surface area (Å²) in [6.07, 6.45) is 2.08. The Hall–Kier alpha value is -1.41. The van der Waals surface area contributed by atoms with Crippen molar-refractivity contribution in [2.45, 2.75) is 11.8 Å². The van der Waals surface area contributed by atoms with Gasteiger partial charge in [0, 0.05) is 10.6 Å². The van der Waals surface area contributed by atoms with Crippen LogP contribution >= 0.6 is 11.8 Å². The molecule has 0 aliphatic heterocycles. The Balaban J connectivity index is 2.46. The molecule has 2 rings (SSSR count). The highest BCUT2D eigenvalue weighted by molar-refractivity contribution is 7.98. The van der Waals surface area contributed by atoms with Crippen molar-refractivity contribution in [3.63, 3.8) is 0 Å². The Labute approximate surface area is 101 Å². The van der Waals surface area contributed by atoms with Crippen molar-refractivity contribution in [2.75, 3.05) is 12.0 Å². The first-order chi connectivity index (χ1) is 7.72. The molecule has 0 amide bonds. The van der Waals surface area contributed by atoms with Crippen LogP contribution in [-0.4, -0.2) is 6.26 Å². The Morgan fingerprint density at radius 1 is 1.00 bits per heavy atom. The third-order valence-corrected chi connectivity index (χ3v) is 3.52.